The fourth-order valence-corrected chi connectivity index (χ4v) is 5.97. The highest BCUT2D eigenvalue weighted by Crippen LogP contribution is 2.50. The van der Waals surface area contributed by atoms with Gasteiger partial charge in [0.2, 0.25) is 0 Å². The first-order valence-electron chi connectivity index (χ1n) is 15.6. The number of rotatable bonds is 20. The van der Waals surface area contributed by atoms with E-state index in [4.69, 9.17) is 23.7 Å². The summed E-state index contributed by atoms with van der Waals surface area (Å²) in [4.78, 5) is 12.0. The molecule has 6 nitrogen and oxygen atoms in total. The summed E-state index contributed by atoms with van der Waals surface area (Å²) in [7, 11) is 3.25. The number of hydrogen-bond donors (Lipinski definition) is 0. The molecule has 0 N–H and O–H groups in total. The molecular formula is C35H52O6. The maximum Gasteiger partial charge on any atom is 0.188 e. The molecule has 3 atom stereocenters. The Balaban J connectivity index is 1.58. The average Bonchev–Trinajstić information content (AvgIpc) is 2.99. The number of hydrogen-bond acceptors (Lipinski definition) is 6. The van der Waals surface area contributed by atoms with Gasteiger partial charge in [0, 0.05) is 44.0 Å². The van der Waals surface area contributed by atoms with E-state index >= 15 is 0 Å². The van der Waals surface area contributed by atoms with Crippen LogP contribution in [0.3, 0.4) is 0 Å². The SMILES string of the molecule is CCCC(=O)C(C)CCCCCCCCC[C@@H]1c2ccc(OCOC)cc2OC[C@]1(C)c1ccc(OCOC)cc1. The molecule has 0 bridgehead atoms. The van der Waals surface area contributed by atoms with Crippen molar-refractivity contribution in [1.82, 2.24) is 0 Å². The van der Waals surface area contributed by atoms with Gasteiger partial charge in [0.05, 0.1) is 6.61 Å². The molecule has 0 radical (unpaired) electrons. The molecule has 41 heavy (non-hydrogen) atoms. The lowest BCUT2D eigenvalue weighted by atomic mass is 9.66. The monoisotopic (exact) mass is 568 g/mol. The van der Waals surface area contributed by atoms with Crippen molar-refractivity contribution in [2.45, 2.75) is 103 Å². The molecule has 0 aromatic heterocycles. The Kier molecular flexibility index (Phi) is 14.0. The van der Waals surface area contributed by atoms with Gasteiger partial charge in [-0.25, -0.2) is 0 Å². The van der Waals surface area contributed by atoms with Crippen molar-refractivity contribution in [2.75, 3.05) is 34.4 Å². The Labute approximate surface area is 248 Å². The third-order valence-electron chi connectivity index (χ3n) is 8.53. The molecule has 2 aromatic rings. The second-order valence-corrected chi connectivity index (χ2v) is 11.8. The highest BCUT2D eigenvalue weighted by Gasteiger charge is 2.42. The fourth-order valence-electron chi connectivity index (χ4n) is 5.97. The summed E-state index contributed by atoms with van der Waals surface area (Å²) in [5.41, 5.74) is 2.34. The number of ether oxygens (including phenoxy) is 5. The summed E-state index contributed by atoms with van der Waals surface area (Å²) in [5.74, 6) is 3.46. The molecule has 0 saturated carbocycles. The van der Waals surface area contributed by atoms with E-state index < -0.39 is 0 Å². The van der Waals surface area contributed by atoms with Crippen LogP contribution >= 0.6 is 0 Å². The van der Waals surface area contributed by atoms with E-state index in [-0.39, 0.29) is 24.9 Å². The highest BCUT2D eigenvalue weighted by molar-refractivity contribution is 5.80. The Morgan fingerprint density at radius 2 is 1.51 bits per heavy atom. The van der Waals surface area contributed by atoms with E-state index in [9.17, 15) is 4.79 Å². The Morgan fingerprint density at radius 1 is 0.902 bits per heavy atom. The van der Waals surface area contributed by atoms with Crippen LogP contribution < -0.4 is 14.2 Å². The molecule has 2 aromatic carbocycles. The van der Waals surface area contributed by atoms with Gasteiger partial charge in [0.1, 0.15) is 23.0 Å². The minimum absolute atomic E-state index is 0.159. The Bertz CT molecular complexity index is 1040. The quantitative estimate of drug-likeness (QED) is 0.118. The summed E-state index contributed by atoms with van der Waals surface area (Å²) in [6.07, 6.45) is 12.4. The molecule has 1 heterocycles. The lowest BCUT2D eigenvalue weighted by Gasteiger charge is -2.43. The van der Waals surface area contributed by atoms with Crippen molar-refractivity contribution >= 4 is 5.78 Å². The van der Waals surface area contributed by atoms with Crippen LogP contribution in [0.25, 0.3) is 0 Å². The third kappa shape index (κ3) is 9.75. The van der Waals surface area contributed by atoms with Crippen LogP contribution in [0.4, 0.5) is 0 Å². The molecular weight excluding hydrogens is 516 g/mol. The molecule has 1 aliphatic rings. The predicted octanol–water partition coefficient (Wildman–Crippen LogP) is 8.60. The van der Waals surface area contributed by atoms with Crippen LogP contribution in [0, 0.1) is 5.92 Å². The zero-order chi connectivity index (χ0) is 29.5. The number of carbonyl (C=O) groups is 1. The maximum atomic E-state index is 12.0. The third-order valence-corrected chi connectivity index (χ3v) is 8.53. The number of methoxy groups -OCH3 is 2. The van der Waals surface area contributed by atoms with Crippen LogP contribution in [0.15, 0.2) is 42.5 Å². The molecule has 6 heteroatoms. The zero-order valence-corrected chi connectivity index (χ0v) is 26.0. The zero-order valence-electron chi connectivity index (χ0n) is 26.0. The first-order valence-corrected chi connectivity index (χ1v) is 15.6. The first kappa shape index (κ1) is 32.9. The van der Waals surface area contributed by atoms with Crippen molar-refractivity contribution < 1.29 is 28.5 Å². The van der Waals surface area contributed by atoms with Gasteiger partial charge >= 0.3 is 0 Å². The molecule has 1 aliphatic heterocycles. The first-order chi connectivity index (χ1) is 19.9. The Hall–Kier alpha value is -2.57. The van der Waals surface area contributed by atoms with Crippen LogP contribution in [0.1, 0.15) is 108 Å². The predicted molar refractivity (Wildman–Crippen MR) is 164 cm³/mol. The van der Waals surface area contributed by atoms with Gasteiger partial charge in [-0.2, -0.15) is 0 Å². The van der Waals surface area contributed by atoms with E-state index in [1.807, 2.05) is 24.3 Å². The minimum atomic E-state index is -0.159. The summed E-state index contributed by atoms with van der Waals surface area (Å²) in [5, 5.41) is 0. The smallest absolute Gasteiger partial charge is 0.188 e. The van der Waals surface area contributed by atoms with Crippen molar-refractivity contribution in [2.24, 2.45) is 5.92 Å². The summed E-state index contributed by atoms with van der Waals surface area (Å²) in [6.45, 7) is 7.56. The van der Waals surface area contributed by atoms with Crippen molar-refractivity contribution in [3.05, 3.63) is 53.6 Å². The molecule has 3 rings (SSSR count). The van der Waals surface area contributed by atoms with Crippen molar-refractivity contribution in [3.8, 4) is 17.2 Å². The number of unbranched alkanes of at least 4 members (excludes halogenated alkanes) is 6. The van der Waals surface area contributed by atoms with Gasteiger partial charge < -0.3 is 23.7 Å². The standard InChI is InChI=1S/C35H52O6/c1-6-14-33(36)27(2)15-12-10-8-7-9-11-13-16-32-31-22-21-30(41-26-38-5)23-34(31)39-24-35(32,3)28-17-19-29(20-18-28)40-25-37-4/h17-23,27,32H,6-16,24-26H2,1-5H3/t27?,32-,35-/m1/s1. The minimum Gasteiger partial charge on any atom is -0.492 e. The number of ketones is 1. The van der Waals surface area contributed by atoms with Gasteiger partial charge in [0.15, 0.2) is 13.6 Å². The van der Waals surface area contributed by atoms with E-state index in [0.29, 0.717) is 18.3 Å². The van der Waals surface area contributed by atoms with Crippen LogP contribution in [0.5, 0.6) is 17.2 Å². The van der Waals surface area contributed by atoms with Crippen LogP contribution in [0.2, 0.25) is 0 Å². The number of fused-ring (bicyclic) bond motifs is 1. The molecule has 0 amide bonds. The van der Waals surface area contributed by atoms with E-state index in [1.165, 1.54) is 56.1 Å². The average molecular weight is 569 g/mol. The molecule has 0 fully saturated rings. The lowest BCUT2D eigenvalue weighted by molar-refractivity contribution is -0.122. The van der Waals surface area contributed by atoms with Crippen LogP contribution in [-0.2, 0) is 19.7 Å². The van der Waals surface area contributed by atoms with Gasteiger partial charge in [-0.05, 0) is 48.6 Å². The normalized spacial score (nSPS) is 18.8. The topological polar surface area (TPSA) is 63.2 Å². The Morgan fingerprint density at radius 3 is 2.17 bits per heavy atom. The number of benzene rings is 2. The largest absolute Gasteiger partial charge is 0.492 e. The summed E-state index contributed by atoms with van der Waals surface area (Å²) < 4.78 is 27.8. The number of carbonyl (C=O) groups excluding carboxylic acids is 1. The van der Waals surface area contributed by atoms with E-state index in [2.05, 4.69) is 39.0 Å². The van der Waals surface area contributed by atoms with E-state index in [1.54, 1.807) is 14.2 Å². The maximum absolute atomic E-state index is 12.0. The van der Waals surface area contributed by atoms with E-state index in [0.717, 1.165) is 42.9 Å². The highest BCUT2D eigenvalue weighted by atomic mass is 16.7. The van der Waals surface area contributed by atoms with Gasteiger partial charge in [-0.1, -0.05) is 83.9 Å². The molecule has 0 saturated heterocycles. The molecule has 228 valence electrons. The van der Waals surface area contributed by atoms with Gasteiger partial charge in [0.25, 0.3) is 0 Å². The molecule has 0 spiro atoms. The second-order valence-electron chi connectivity index (χ2n) is 11.8. The molecule has 1 unspecified atom stereocenters. The van der Waals surface area contributed by atoms with Gasteiger partial charge in [-0.15, -0.1) is 0 Å². The van der Waals surface area contributed by atoms with Gasteiger partial charge in [-0.3, -0.25) is 4.79 Å². The van der Waals surface area contributed by atoms with Crippen molar-refractivity contribution in [3.63, 3.8) is 0 Å². The summed E-state index contributed by atoms with van der Waals surface area (Å²) >= 11 is 0. The second kappa shape index (κ2) is 17.4. The molecule has 0 aliphatic carbocycles. The fraction of sp³-hybridized carbons (Fsp3) is 0.629. The van der Waals surface area contributed by atoms with Crippen LogP contribution in [-0.4, -0.2) is 40.2 Å². The van der Waals surface area contributed by atoms with Crippen molar-refractivity contribution in [1.29, 1.82) is 0 Å². The lowest BCUT2D eigenvalue weighted by Crippen LogP contribution is -2.40. The number of Topliss-reactive ketones (excluding diaryl/α,β-unsaturated/α-hetero) is 1. The summed E-state index contributed by atoms with van der Waals surface area (Å²) in [6, 6.07) is 14.6.